The first-order chi connectivity index (χ1) is 8.92. The Morgan fingerprint density at radius 2 is 2.17 bits per heavy atom. The predicted octanol–water partition coefficient (Wildman–Crippen LogP) is 1.67. The fourth-order valence-electron chi connectivity index (χ4n) is 2.22. The normalized spacial score (nSPS) is 19.2. The lowest BCUT2D eigenvalue weighted by Gasteiger charge is -2.01. The number of rotatable bonds is 4. The quantitative estimate of drug-likeness (QED) is 0.886. The average Bonchev–Trinajstić information content (AvgIpc) is 3.08. The minimum absolute atomic E-state index is 0.281. The van der Waals surface area contributed by atoms with Gasteiger partial charge in [0.15, 0.2) is 5.82 Å². The number of nitrogens with one attached hydrogen (secondary N) is 1. The average molecular weight is 244 g/mol. The zero-order valence-electron chi connectivity index (χ0n) is 10.2. The fourth-order valence-corrected chi connectivity index (χ4v) is 2.22. The molecule has 0 aliphatic carbocycles. The van der Waals surface area contributed by atoms with Gasteiger partial charge in [-0.25, -0.2) is 0 Å². The lowest BCUT2D eigenvalue weighted by molar-refractivity contribution is 0.368. The maximum Gasteiger partial charge on any atom is 0.227 e. The molecular weight excluding hydrogens is 228 g/mol. The van der Waals surface area contributed by atoms with Crippen LogP contribution < -0.4 is 5.32 Å². The van der Waals surface area contributed by atoms with Gasteiger partial charge in [-0.1, -0.05) is 5.16 Å². The summed E-state index contributed by atoms with van der Waals surface area (Å²) in [5, 5.41) is 7.42. The summed E-state index contributed by atoms with van der Waals surface area (Å²) in [4.78, 5) is 8.45. The zero-order valence-corrected chi connectivity index (χ0v) is 10.2. The minimum Gasteiger partial charge on any atom is -0.339 e. The van der Waals surface area contributed by atoms with Gasteiger partial charge in [0.2, 0.25) is 5.89 Å². The molecule has 1 atom stereocenters. The van der Waals surface area contributed by atoms with Crippen molar-refractivity contribution in [2.75, 3.05) is 6.54 Å². The van der Waals surface area contributed by atoms with E-state index in [0.717, 1.165) is 37.5 Å². The van der Waals surface area contributed by atoms with E-state index >= 15 is 0 Å². The molecule has 1 aliphatic heterocycles. The second-order valence-corrected chi connectivity index (χ2v) is 4.55. The molecule has 3 rings (SSSR count). The molecule has 2 aromatic heterocycles. The van der Waals surface area contributed by atoms with Crippen LogP contribution in [-0.4, -0.2) is 21.7 Å². The zero-order chi connectivity index (χ0) is 12.2. The van der Waals surface area contributed by atoms with Crippen LogP contribution >= 0.6 is 0 Å². The van der Waals surface area contributed by atoms with E-state index in [1.807, 2.05) is 12.1 Å². The highest BCUT2D eigenvalue weighted by Crippen LogP contribution is 2.20. The Balaban J connectivity index is 1.60. The summed E-state index contributed by atoms with van der Waals surface area (Å²) in [6.45, 7) is 1.05. The summed E-state index contributed by atoms with van der Waals surface area (Å²) in [5.74, 6) is 1.52. The Hall–Kier alpha value is -1.75. The van der Waals surface area contributed by atoms with Crippen molar-refractivity contribution in [3.63, 3.8) is 0 Å². The Bertz CT molecular complexity index is 491. The first-order valence-corrected chi connectivity index (χ1v) is 6.36. The van der Waals surface area contributed by atoms with Gasteiger partial charge < -0.3 is 9.84 Å². The van der Waals surface area contributed by atoms with Crippen LogP contribution in [0, 0.1) is 0 Å². The Kier molecular flexibility index (Phi) is 3.32. The maximum atomic E-state index is 5.28. The molecule has 1 aliphatic rings. The summed E-state index contributed by atoms with van der Waals surface area (Å²) in [6.07, 6.45) is 7.58. The van der Waals surface area contributed by atoms with Gasteiger partial charge in [-0.05, 0) is 43.5 Å². The van der Waals surface area contributed by atoms with Gasteiger partial charge in [0.05, 0.1) is 6.04 Å². The molecule has 1 unspecified atom stereocenters. The van der Waals surface area contributed by atoms with E-state index in [9.17, 15) is 0 Å². The monoisotopic (exact) mass is 244 g/mol. The van der Waals surface area contributed by atoms with Gasteiger partial charge in [0.25, 0.3) is 0 Å². The number of hydrogen-bond donors (Lipinski definition) is 1. The van der Waals surface area contributed by atoms with E-state index in [1.54, 1.807) is 12.4 Å². The number of pyridine rings is 1. The van der Waals surface area contributed by atoms with Gasteiger partial charge in [-0.2, -0.15) is 4.98 Å². The van der Waals surface area contributed by atoms with Crippen molar-refractivity contribution < 1.29 is 4.52 Å². The molecule has 1 saturated heterocycles. The second-order valence-electron chi connectivity index (χ2n) is 4.55. The second kappa shape index (κ2) is 5.27. The standard InChI is InChI=1S/C13H16N4O/c1-2-11(15-7-1)13-16-12(18-17-13)4-3-10-5-8-14-9-6-10/h5-6,8-9,11,15H,1-4,7H2. The molecule has 18 heavy (non-hydrogen) atoms. The molecule has 0 radical (unpaired) electrons. The molecule has 2 aromatic rings. The molecule has 0 bridgehead atoms. The van der Waals surface area contributed by atoms with Crippen LogP contribution in [0.1, 0.15) is 36.2 Å². The maximum absolute atomic E-state index is 5.28. The SMILES string of the molecule is c1cc(CCc2nc(C3CCCN3)no2)ccn1. The molecule has 1 N–H and O–H groups in total. The molecule has 5 nitrogen and oxygen atoms in total. The molecule has 0 saturated carbocycles. The van der Waals surface area contributed by atoms with Crippen LogP contribution in [-0.2, 0) is 12.8 Å². The highest BCUT2D eigenvalue weighted by molar-refractivity contribution is 5.10. The van der Waals surface area contributed by atoms with Gasteiger partial charge in [-0.15, -0.1) is 0 Å². The van der Waals surface area contributed by atoms with E-state index in [4.69, 9.17) is 4.52 Å². The van der Waals surface area contributed by atoms with Crippen LogP contribution in [0.15, 0.2) is 29.0 Å². The van der Waals surface area contributed by atoms with E-state index in [0.29, 0.717) is 0 Å². The third-order valence-electron chi connectivity index (χ3n) is 3.23. The van der Waals surface area contributed by atoms with Crippen molar-refractivity contribution in [2.45, 2.75) is 31.7 Å². The summed E-state index contributed by atoms with van der Waals surface area (Å²) >= 11 is 0. The van der Waals surface area contributed by atoms with E-state index < -0.39 is 0 Å². The van der Waals surface area contributed by atoms with Crippen molar-refractivity contribution in [1.82, 2.24) is 20.4 Å². The van der Waals surface area contributed by atoms with E-state index in [2.05, 4.69) is 20.4 Å². The molecule has 5 heteroatoms. The highest BCUT2D eigenvalue weighted by Gasteiger charge is 2.21. The van der Waals surface area contributed by atoms with Gasteiger partial charge >= 0.3 is 0 Å². The summed E-state index contributed by atoms with van der Waals surface area (Å²) in [5.41, 5.74) is 1.24. The molecule has 3 heterocycles. The smallest absolute Gasteiger partial charge is 0.227 e. The van der Waals surface area contributed by atoms with Crippen molar-refractivity contribution >= 4 is 0 Å². The third kappa shape index (κ3) is 2.56. The summed E-state index contributed by atoms with van der Waals surface area (Å²) < 4.78 is 5.28. The highest BCUT2D eigenvalue weighted by atomic mass is 16.5. The van der Waals surface area contributed by atoms with Crippen LogP contribution in [0.4, 0.5) is 0 Å². The Morgan fingerprint density at radius 1 is 1.28 bits per heavy atom. The molecule has 0 amide bonds. The lowest BCUT2D eigenvalue weighted by atomic mass is 10.1. The largest absolute Gasteiger partial charge is 0.339 e. The number of hydrogen-bond acceptors (Lipinski definition) is 5. The molecule has 0 spiro atoms. The van der Waals surface area contributed by atoms with Crippen LogP contribution in [0.3, 0.4) is 0 Å². The molecule has 94 valence electrons. The van der Waals surface area contributed by atoms with Gasteiger partial charge in [0, 0.05) is 18.8 Å². The van der Waals surface area contributed by atoms with E-state index in [1.165, 1.54) is 12.0 Å². The van der Waals surface area contributed by atoms with Crippen molar-refractivity contribution in [3.8, 4) is 0 Å². The van der Waals surface area contributed by atoms with E-state index in [-0.39, 0.29) is 6.04 Å². The molecule has 1 fully saturated rings. The van der Waals surface area contributed by atoms with Crippen LogP contribution in [0.25, 0.3) is 0 Å². The molecular formula is C13H16N4O. The van der Waals surface area contributed by atoms with Crippen molar-refractivity contribution in [3.05, 3.63) is 41.8 Å². The fraction of sp³-hybridized carbons (Fsp3) is 0.462. The summed E-state index contributed by atoms with van der Waals surface area (Å²) in [7, 11) is 0. The van der Waals surface area contributed by atoms with Gasteiger partial charge in [-0.3, -0.25) is 4.98 Å². The first kappa shape index (κ1) is 11.3. The van der Waals surface area contributed by atoms with Gasteiger partial charge in [0.1, 0.15) is 0 Å². The summed E-state index contributed by atoms with van der Waals surface area (Å²) in [6, 6.07) is 4.30. The van der Waals surface area contributed by atoms with Crippen LogP contribution in [0.2, 0.25) is 0 Å². The first-order valence-electron chi connectivity index (χ1n) is 6.36. The number of aromatic nitrogens is 3. The predicted molar refractivity (Wildman–Crippen MR) is 65.9 cm³/mol. The van der Waals surface area contributed by atoms with Crippen molar-refractivity contribution in [1.29, 1.82) is 0 Å². The Morgan fingerprint density at radius 3 is 2.94 bits per heavy atom. The topological polar surface area (TPSA) is 63.8 Å². The molecule has 0 aromatic carbocycles. The lowest BCUT2D eigenvalue weighted by Crippen LogP contribution is -2.14. The van der Waals surface area contributed by atoms with Crippen molar-refractivity contribution in [2.24, 2.45) is 0 Å². The number of nitrogens with zero attached hydrogens (tertiary/aromatic N) is 3. The Labute approximate surface area is 106 Å². The third-order valence-corrected chi connectivity index (χ3v) is 3.23. The minimum atomic E-state index is 0.281. The number of aryl methyl sites for hydroxylation is 2. The van der Waals surface area contributed by atoms with Crippen LogP contribution in [0.5, 0.6) is 0 Å².